The van der Waals surface area contributed by atoms with Gasteiger partial charge in [0.2, 0.25) is 0 Å². The van der Waals surface area contributed by atoms with Crippen LogP contribution in [0.1, 0.15) is 25.0 Å². The summed E-state index contributed by atoms with van der Waals surface area (Å²) in [6.45, 7) is 4.68. The smallest absolute Gasteiger partial charge is 0.0541 e. The Labute approximate surface area is 457 Å². The minimum absolute atomic E-state index is 0.245. The van der Waals surface area contributed by atoms with Crippen LogP contribution in [0.5, 0.6) is 0 Å². The molecule has 0 aliphatic heterocycles. The molecule has 4 heteroatoms. The number of aromatic nitrogens is 4. The van der Waals surface area contributed by atoms with Gasteiger partial charge in [0.25, 0.3) is 0 Å². The Morgan fingerprint density at radius 2 is 0.430 bits per heavy atom. The Kier molecular flexibility index (Phi) is 9.95. The van der Waals surface area contributed by atoms with E-state index in [1.54, 1.807) is 0 Å². The summed E-state index contributed by atoms with van der Waals surface area (Å²) < 4.78 is 9.61. The van der Waals surface area contributed by atoms with Gasteiger partial charge < -0.3 is 18.3 Å². The van der Waals surface area contributed by atoms with Crippen molar-refractivity contribution in [1.82, 2.24) is 18.3 Å². The largest absolute Gasteiger partial charge is 0.309 e. The molecule has 12 aromatic carbocycles. The Morgan fingerprint density at radius 1 is 0.203 bits per heavy atom. The molecule has 0 unspecified atom stereocenters. The van der Waals surface area contributed by atoms with Crippen LogP contribution in [0.3, 0.4) is 0 Å². The van der Waals surface area contributed by atoms with Crippen LogP contribution in [0.2, 0.25) is 0 Å². The molecule has 0 saturated carbocycles. The lowest BCUT2D eigenvalue weighted by Crippen LogP contribution is -2.19. The second kappa shape index (κ2) is 17.4. The van der Waals surface area contributed by atoms with Crippen LogP contribution in [0, 0.1) is 0 Å². The average molecular weight is 1010 g/mol. The molecule has 0 N–H and O–H groups in total. The molecule has 0 bridgehead atoms. The maximum atomic E-state index is 2.43. The summed E-state index contributed by atoms with van der Waals surface area (Å²) in [4.78, 5) is 0. The molecule has 0 saturated heterocycles. The van der Waals surface area contributed by atoms with E-state index in [9.17, 15) is 0 Å². The van der Waals surface area contributed by atoms with E-state index in [1.807, 2.05) is 0 Å². The Morgan fingerprint density at radius 3 is 0.709 bits per heavy atom. The molecule has 79 heavy (non-hydrogen) atoms. The molecular formula is C75H52N4. The number of para-hydroxylation sites is 6. The SMILES string of the molecule is CC(C)(c1ccc(-n2c3ccccc3c3cc(-c4ccc5c(c4)c4ccccc4n5-c4ccccc4)ccc32)cc1)c1ccc(-n2c3ccccc3c3cc(-c4ccc5c(c4)c4ccccc4n5-c4ccccc4)ccc32)cc1. The van der Waals surface area contributed by atoms with Crippen molar-refractivity contribution in [2.45, 2.75) is 19.3 Å². The van der Waals surface area contributed by atoms with Crippen LogP contribution in [-0.4, -0.2) is 18.3 Å². The Hall–Kier alpha value is -10.2. The molecule has 0 radical (unpaired) electrons. The van der Waals surface area contributed by atoms with Gasteiger partial charge in [0.1, 0.15) is 0 Å². The van der Waals surface area contributed by atoms with Gasteiger partial charge in [-0.15, -0.1) is 0 Å². The minimum atomic E-state index is -0.245. The first-order valence-corrected chi connectivity index (χ1v) is 27.4. The van der Waals surface area contributed by atoms with E-state index in [4.69, 9.17) is 0 Å². The molecule has 372 valence electrons. The van der Waals surface area contributed by atoms with Gasteiger partial charge in [0.05, 0.1) is 44.1 Å². The van der Waals surface area contributed by atoms with Crippen LogP contribution in [0.4, 0.5) is 0 Å². The fourth-order valence-corrected chi connectivity index (χ4v) is 13.1. The maximum absolute atomic E-state index is 2.43. The van der Waals surface area contributed by atoms with Crippen LogP contribution in [0.25, 0.3) is 132 Å². The zero-order chi connectivity index (χ0) is 52.3. The molecule has 4 aromatic heterocycles. The summed E-state index contributed by atoms with van der Waals surface area (Å²) in [6, 6.07) is 103. The lowest BCUT2D eigenvalue weighted by atomic mass is 9.78. The number of hydrogen-bond donors (Lipinski definition) is 0. The monoisotopic (exact) mass is 1010 g/mol. The fourth-order valence-electron chi connectivity index (χ4n) is 13.1. The molecule has 0 atom stereocenters. The Bertz CT molecular complexity index is 4750. The van der Waals surface area contributed by atoms with Gasteiger partial charge in [-0.05, 0) is 155 Å². The molecule has 0 fully saturated rings. The molecule has 0 spiro atoms. The van der Waals surface area contributed by atoms with Crippen LogP contribution in [-0.2, 0) is 5.41 Å². The van der Waals surface area contributed by atoms with Crippen molar-refractivity contribution in [3.05, 3.63) is 290 Å². The van der Waals surface area contributed by atoms with E-state index in [-0.39, 0.29) is 5.41 Å². The van der Waals surface area contributed by atoms with E-state index >= 15 is 0 Å². The molecular weight excluding hydrogens is 957 g/mol. The second-order valence-electron chi connectivity index (χ2n) is 21.7. The highest BCUT2D eigenvalue weighted by molar-refractivity contribution is 6.14. The highest BCUT2D eigenvalue weighted by Gasteiger charge is 2.25. The fraction of sp³-hybridized carbons (Fsp3) is 0.0400. The summed E-state index contributed by atoms with van der Waals surface area (Å²) in [5.74, 6) is 0. The number of nitrogens with zero attached hydrogens (tertiary/aromatic N) is 4. The van der Waals surface area contributed by atoms with Gasteiger partial charge in [0.15, 0.2) is 0 Å². The Balaban J connectivity index is 0.712. The summed E-state index contributed by atoms with van der Waals surface area (Å²) in [6.07, 6.45) is 0. The third-order valence-corrected chi connectivity index (χ3v) is 17.1. The van der Waals surface area contributed by atoms with E-state index in [0.29, 0.717) is 0 Å². The first kappa shape index (κ1) is 45.1. The zero-order valence-electron chi connectivity index (χ0n) is 43.8. The highest BCUT2D eigenvalue weighted by atomic mass is 15.0. The molecule has 4 heterocycles. The standard InChI is InChI=1S/C75H52N4/c1-75(2,53-33-37-57(38-34-53)78-69-27-15-11-23-61(69)65-47-51(31-43-73(65)78)49-29-41-71-63(45-49)59-21-9-13-25-67(59)76(71)55-17-5-3-6-18-55)54-35-39-58(40-36-54)79-70-28-16-12-24-62(70)66-48-52(32-44-74(66)79)50-30-42-72-64(46-50)60-22-10-14-26-68(60)77(72)56-19-7-4-8-20-56/h3-48H,1-2H3. The van der Waals surface area contributed by atoms with Crippen molar-refractivity contribution in [3.63, 3.8) is 0 Å². The summed E-state index contributed by atoms with van der Waals surface area (Å²) >= 11 is 0. The predicted molar refractivity (Wildman–Crippen MR) is 333 cm³/mol. The third-order valence-electron chi connectivity index (χ3n) is 17.1. The van der Waals surface area contributed by atoms with Crippen molar-refractivity contribution in [1.29, 1.82) is 0 Å². The van der Waals surface area contributed by atoms with Crippen molar-refractivity contribution in [2.24, 2.45) is 0 Å². The summed E-state index contributed by atoms with van der Waals surface area (Å²) in [7, 11) is 0. The van der Waals surface area contributed by atoms with E-state index in [1.165, 1.54) is 132 Å². The first-order chi connectivity index (χ1) is 38.9. The average Bonchev–Trinajstić information content (AvgIpc) is 4.45. The summed E-state index contributed by atoms with van der Waals surface area (Å²) in [5, 5.41) is 10.0. The second-order valence-corrected chi connectivity index (χ2v) is 21.7. The lowest BCUT2D eigenvalue weighted by molar-refractivity contribution is 0.640. The van der Waals surface area contributed by atoms with Crippen molar-refractivity contribution >= 4 is 87.2 Å². The minimum Gasteiger partial charge on any atom is -0.309 e. The van der Waals surface area contributed by atoms with Crippen molar-refractivity contribution in [3.8, 4) is 45.0 Å². The normalized spacial score (nSPS) is 12.2. The van der Waals surface area contributed by atoms with Gasteiger partial charge in [-0.2, -0.15) is 0 Å². The van der Waals surface area contributed by atoms with Gasteiger partial charge in [0, 0.05) is 71.3 Å². The molecule has 16 aromatic rings. The van der Waals surface area contributed by atoms with Crippen LogP contribution >= 0.6 is 0 Å². The predicted octanol–water partition coefficient (Wildman–Crippen LogP) is 19.7. The van der Waals surface area contributed by atoms with Gasteiger partial charge in [-0.25, -0.2) is 0 Å². The van der Waals surface area contributed by atoms with E-state index in [2.05, 4.69) is 311 Å². The number of benzene rings is 12. The number of hydrogen-bond acceptors (Lipinski definition) is 0. The number of fused-ring (bicyclic) bond motifs is 12. The topological polar surface area (TPSA) is 19.7 Å². The molecule has 0 amide bonds. The van der Waals surface area contributed by atoms with Gasteiger partial charge in [-0.3, -0.25) is 0 Å². The number of rotatable bonds is 8. The van der Waals surface area contributed by atoms with Gasteiger partial charge in [-0.1, -0.05) is 172 Å². The van der Waals surface area contributed by atoms with E-state index < -0.39 is 0 Å². The molecule has 4 nitrogen and oxygen atoms in total. The zero-order valence-corrected chi connectivity index (χ0v) is 43.8. The third kappa shape index (κ3) is 6.94. The lowest BCUT2D eigenvalue weighted by Gasteiger charge is -2.27. The molecule has 16 rings (SSSR count). The quantitative estimate of drug-likeness (QED) is 0.145. The first-order valence-electron chi connectivity index (χ1n) is 27.4. The highest BCUT2D eigenvalue weighted by Crippen LogP contribution is 2.42. The molecule has 0 aliphatic carbocycles. The van der Waals surface area contributed by atoms with E-state index in [0.717, 1.165) is 11.4 Å². The van der Waals surface area contributed by atoms with Crippen molar-refractivity contribution < 1.29 is 0 Å². The molecule has 0 aliphatic rings. The van der Waals surface area contributed by atoms with Crippen LogP contribution < -0.4 is 0 Å². The van der Waals surface area contributed by atoms with Crippen molar-refractivity contribution in [2.75, 3.05) is 0 Å². The van der Waals surface area contributed by atoms with Gasteiger partial charge >= 0.3 is 0 Å². The summed E-state index contributed by atoms with van der Waals surface area (Å²) in [5.41, 5.74) is 21.4. The van der Waals surface area contributed by atoms with Crippen LogP contribution in [0.15, 0.2) is 279 Å². The maximum Gasteiger partial charge on any atom is 0.0541 e.